The van der Waals surface area contributed by atoms with Gasteiger partial charge in [-0.2, -0.15) is 0 Å². The molecule has 0 radical (unpaired) electrons. The second-order valence-corrected chi connectivity index (χ2v) is 6.23. The first-order valence-corrected chi connectivity index (χ1v) is 7.76. The van der Waals surface area contributed by atoms with E-state index in [-0.39, 0.29) is 11.1 Å². The van der Waals surface area contributed by atoms with E-state index in [0.29, 0.717) is 10.6 Å². The monoisotopic (exact) mass is 312 g/mol. The molecule has 5 heteroatoms. The van der Waals surface area contributed by atoms with Gasteiger partial charge in [-0.25, -0.2) is 4.90 Å². The van der Waals surface area contributed by atoms with Gasteiger partial charge in [0.05, 0.1) is 10.6 Å². The molecule has 0 saturated carbocycles. The standard InChI is InChI=1S/C17H16N2O2S/c1-11-9-13(12(2)18(11)3)10-15-16(20)19(17(21)22-15)14-7-5-4-6-8-14/h4-10H,1-3H3. The third-order valence-electron chi connectivity index (χ3n) is 3.91. The van der Waals surface area contributed by atoms with Crippen molar-refractivity contribution in [3.63, 3.8) is 0 Å². The van der Waals surface area contributed by atoms with Gasteiger partial charge < -0.3 is 4.57 Å². The van der Waals surface area contributed by atoms with Gasteiger partial charge in [-0.05, 0) is 55.4 Å². The number of imide groups is 1. The molecule has 0 spiro atoms. The van der Waals surface area contributed by atoms with E-state index in [9.17, 15) is 9.59 Å². The van der Waals surface area contributed by atoms with Gasteiger partial charge in [-0.3, -0.25) is 9.59 Å². The number of benzene rings is 1. The van der Waals surface area contributed by atoms with E-state index < -0.39 is 0 Å². The molecule has 4 nitrogen and oxygen atoms in total. The van der Waals surface area contributed by atoms with Gasteiger partial charge in [0.1, 0.15) is 0 Å². The summed E-state index contributed by atoms with van der Waals surface area (Å²) in [4.78, 5) is 26.4. The van der Waals surface area contributed by atoms with Gasteiger partial charge in [0.2, 0.25) is 0 Å². The molecule has 2 aromatic rings. The van der Waals surface area contributed by atoms with Crippen LogP contribution in [0.5, 0.6) is 0 Å². The Balaban J connectivity index is 1.97. The lowest BCUT2D eigenvalue weighted by molar-refractivity contribution is -0.113. The maximum Gasteiger partial charge on any atom is 0.298 e. The number of anilines is 1. The lowest BCUT2D eigenvalue weighted by Gasteiger charge is -2.11. The Morgan fingerprint density at radius 1 is 1.09 bits per heavy atom. The predicted molar refractivity (Wildman–Crippen MR) is 89.8 cm³/mol. The molecule has 1 fully saturated rings. The van der Waals surface area contributed by atoms with Crippen LogP contribution in [0.2, 0.25) is 0 Å². The molecule has 0 N–H and O–H groups in total. The van der Waals surface area contributed by atoms with Crippen molar-refractivity contribution in [2.75, 3.05) is 4.90 Å². The second kappa shape index (κ2) is 5.50. The van der Waals surface area contributed by atoms with Gasteiger partial charge in [-0.15, -0.1) is 0 Å². The van der Waals surface area contributed by atoms with Crippen molar-refractivity contribution >= 4 is 34.7 Å². The van der Waals surface area contributed by atoms with E-state index in [1.807, 2.05) is 45.2 Å². The first-order chi connectivity index (χ1) is 10.5. The van der Waals surface area contributed by atoms with Crippen LogP contribution in [0.15, 0.2) is 41.3 Å². The quantitative estimate of drug-likeness (QED) is 0.790. The summed E-state index contributed by atoms with van der Waals surface area (Å²) in [5.41, 5.74) is 3.77. The third kappa shape index (κ3) is 2.37. The Kier molecular flexibility index (Phi) is 3.66. The molecule has 1 aliphatic rings. The van der Waals surface area contributed by atoms with Crippen LogP contribution < -0.4 is 4.90 Å². The average Bonchev–Trinajstić information content (AvgIpc) is 2.92. The van der Waals surface area contributed by atoms with Crippen LogP contribution in [0.1, 0.15) is 17.0 Å². The van der Waals surface area contributed by atoms with E-state index in [2.05, 4.69) is 4.57 Å². The number of amides is 2. The van der Waals surface area contributed by atoms with E-state index in [0.717, 1.165) is 28.7 Å². The summed E-state index contributed by atoms with van der Waals surface area (Å²) in [7, 11) is 1.98. The van der Waals surface area contributed by atoms with Crippen molar-refractivity contribution in [2.45, 2.75) is 13.8 Å². The Morgan fingerprint density at radius 3 is 2.36 bits per heavy atom. The maximum absolute atomic E-state index is 12.5. The van der Waals surface area contributed by atoms with Crippen LogP contribution >= 0.6 is 11.8 Å². The zero-order chi connectivity index (χ0) is 15.9. The van der Waals surface area contributed by atoms with Crippen LogP contribution in [0.3, 0.4) is 0 Å². The molecule has 112 valence electrons. The summed E-state index contributed by atoms with van der Waals surface area (Å²) in [6, 6.07) is 11.0. The number of aromatic nitrogens is 1. The van der Waals surface area contributed by atoms with Crippen molar-refractivity contribution in [1.29, 1.82) is 0 Å². The first-order valence-electron chi connectivity index (χ1n) is 6.95. The molecular weight excluding hydrogens is 296 g/mol. The number of hydrogen-bond donors (Lipinski definition) is 0. The average molecular weight is 312 g/mol. The number of rotatable bonds is 2. The second-order valence-electron chi connectivity index (χ2n) is 5.24. The van der Waals surface area contributed by atoms with Crippen LogP contribution in [-0.4, -0.2) is 15.7 Å². The highest BCUT2D eigenvalue weighted by Crippen LogP contribution is 2.36. The Bertz CT molecular complexity index is 790. The van der Waals surface area contributed by atoms with Crippen molar-refractivity contribution in [2.24, 2.45) is 7.05 Å². The fraction of sp³-hybridized carbons (Fsp3) is 0.176. The third-order valence-corrected chi connectivity index (χ3v) is 4.78. The summed E-state index contributed by atoms with van der Waals surface area (Å²) >= 11 is 0.985. The number of carbonyl (C=O) groups excluding carboxylic acids is 2. The molecule has 2 amide bonds. The first kappa shape index (κ1) is 14.7. The molecule has 1 saturated heterocycles. The van der Waals surface area contributed by atoms with Crippen LogP contribution in [-0.2, 0) is 11.8 Å². The van der Waals surface area contributed by atoms with Crippen LogP contribution in [0, 0.1) is 13.8 Å². The molecule has 0 atom stereocenters. The highest BCUT2D eigenvalue weighted by atomic mass is 32.2. The number of nitrogens with zero attached hydrogens (tertiary/aromatic N) is 2. The molecule has 0 bridgehead atoms. The molecule has 0 aliphatic carbocycles. The highest BCUT2D eigenvalue weighted by Gasteiger charge is 2.36. The van der Waals surface area contributed by atoms with E-state index in [1.54, 1.807) is 18.2 Å². The fourth-order valence-electron chi connectivity index (χ4n) is 2.44. The van der Waals surface area contributed by atoms with Crippen molar-refractivity contribution in [3.05, 3.63) is 58.3 Å². The lowest BCUT2D eigenvalue weighted by atomic mass is 10.2. The summed E-state index contributed by atoms with van der Waals surface area (Å²) in [6.07, 6.45) is 1.80. The van der Waals surface area contributed by atoms with Crippen LogP contribution in [0.25, 0.3) is 6.08 Å². The molecule has 1 aromatic heterocycles. The number of carbonyl (C=O) groups is 2. The summed E-state index contributed by atoms with van der Waals surface area (Å²) in [6.45, 7) is 4.01. The van der Waals surface area contributed by atoms with E-state index in [1.165, 1.54) is 4.90 Å². The van der Waals surface area contributed by atoms with Gasteiger partial charge in [0.25, 0.3) is 11.1 Å². The summed E-state index contributed by atoms with van der Waals surface area (Å²) in [5, 5.41) is -0.257. The van der Waals surface area contributed by atoms with Gasteiger partial charge >= 0.3 is 0 Å². The van der Waals surface area contributed by atoms with Gasteiger partial charge in [0, 0.05) is 18.4 Å². The topological polar surface area (TPSA) is 42.3 Å². The molecule has 1 aliphatic heterocycles. The smallest absolute Gasteiger partial charge is 0.298 e. The zero-order valence-corrected chi connectivity index (χ0v) is 13.5. The maximum atomic E-state index is 12.5. The van der Waals surface area contributed by atoms with E-state index >= 15 is 0 Å². The zero-order valence-electron chi connectivity index (χ0n) is 12.7. The molecule has 2 heterocycles. The van der Waals surface area contributed by atoms with Crippen molar-refractivity contribution in [3.8, 4) is 0 Å². The molecule has 22 heavy (non-hydrogen) atoms. The van der Waals surface area contributed by atoms with Crippen molar-refractivity contribution < 1.29 is 9.59 Å². The minimum atomic E-state index is -0.262. The number of thioether (sulfide) groups is 1. The number of para-hydroxylation sites is 1. The van der Waals surface area contributed by atoms with Gasteiger partial charge in [-0.1, -0.05) is 18.2 Å². The number of hydrogen-bond acceptors (Lipinski definition) is 3. The molecule has 3 rings (SSSR count). The lowest BCUT2D eigenvalue weighted by Crippen LogP contribution is -2.27. The molecule has 1 aromatic carbocycles. The fourth-order valence-corrected chi connectivity index (χ4v) is 3.27. The largest absolute Gasteiger partial charge is 0.352 e. The normalized spacial score (nSPS) is 16.9. The highest BCUT2D eigenvalue weighted by molar-refractivity contribution is 8.19. The number of aryl methyl sites for hydroxylation is 1. The minimum absolute atomic E-state index is 0.257. The Labute approximate surface area is 133 Å². The Morgan fingerprint density at radius 2 is 1.77 bits per heavy atom. The van der Waals surface area contributed by atoms with Gasteiger partial charge in [0.15, 0.2) is 0 Å². The SMILES string of the molecule is Cc1cc(C=C2SC(=O)N(c3ccccc3)C2=O)c(C)n1C. The van der Waals surface area contributed by atoms with Crippen molar-refractivity contribution in [1.82, 2.24) is 4.57 Å². The molecule has 0 unspecified atom stereocenters. The molecular formula is C17H16N2O2S. The summed E-state index contributed by atoms with van der Waals surface area (Å²) < 4.78 is 2.06. The van der Waals surface area contributed by atoms with E-state index in [4.69, 9.17) is 0 Å². The van der Waals surface area contributed by atoms with Crippen LogP contribution in [0.4, 0.5) is 10.5 Å². The Hall–Kier alpha value is -2.27. The minimum Gasteiger partial charge on any atom is -0.352 e. The summed E-state index contributed by atoms with van der Waals surface area (Å²) in [5.74, 6) is -0.262. The predicted octanol–water partition coefficient (Wildman–Crippen LogP) is 3.88.